The van der Waals surface area contributed by atoms with Crippen molar-refractivity contribution in [2.75, 3.05) is 33.3 Å². The van der Waals surface area contributed by atoms with Gasteiger partial charge in [0.2, 0.25) is 0 Å². The molecule has 1 aliphatic heterocycles. The van der Waals surface area contributed by atoms with Gasteiger partial charge in [0.15, 0.2) is 0 Å². The van der Waals surface area contributed by atoms with Crippen LogP contribution in [0.1, 0.15) is 18.4 Å². The Morgan fingerprint density at radius 2 is 2.50 bits per heavy atom. The van der Waals surface area contributed by atoms with Crippen LogP contribution < -0.4 is 5.32 Å². The number of aliphatic hydroxyl groups excluding tert-OH is 1. The molecule has 18 heavy (non-hydrogen) atoms. The van der Waals surface area contributed by atoms with E-state index in [9.17, 15) is 0 Å². The number of hydrogen-bond donors (Lipinski definition) is 2. The highest BCUT2D eigenvalue weighted by atomic mass is 16.3. The molecule has 102 valence electrons. The van der Waals surface area contributed by atoms with Crippen molar-refractivity contribution >= 4 is 0 Å². The van der Waals surface area contributed by atoms with Gasteiger partial charge in [0.1, 0.15) is 0 Å². The van der Waals surface area contributed by atoms with Gasteiger partial charge in [-0.3, -0.25) is 4.68 Å². The van der Waals surface area contributed by atoms with E-state index in [1.807, 2.05) is 12.4 Å². The SMILES string of the molecule is CN(Cc1cnn(CCO)c1)CC1CCCNC1. The van der Waals surface area contributed by atoms with Gasteiger partial charge in [-0.2, -0.15) is 5.10 Å². The molecule has 5 heteroatoms. The molecule has 5 nitrogen and oxygen atoms in total. The van der Waals surface area contributed by atoms with Crippen molar-refractivity contribution in [1.29, 1.82) is 0 Å². The lowest BCUT2D eigenvalue weighted by Gasteiger charge is -2.27. The highest BCUT2D eigenvalue weighted by molar-refractivity contribution is 5.03. The molecule has 0 aliphatic carbocycles. The van der Waals surface area contributed by atoms with Gasteiger partial charge in [0.25, 0.3) is 0 Å². The molecule has 1 aromatic rings. The van der Waals surface area contributed by atoms with Gasteiger partial charge in [-0.15, -0.1) is 0 Å². The average molecular weight is 252 g/mol. The zero-order valence-electron chi connectivity index (χ0n) is 11.2. The van der Waals surface area contributed by atoms with Crippen molar-refractivity contribution < 1.29 is 5.11 Å². The van der Waals surface area contributed by atoms with Crippen molar-refractivity contribution in [3.05, 3.63) is 18.0 Å². The zero-order chi connectivity index (χ0) is 12.8. The number of piperidine rings is 1. The maximum atomic E-state index is 8.85. The van der Waals surface area contributed by atoms with E-state index < -0.39 is 0 Å². The van der Waals surface area contributed by atoms with Gasteiger partial charge < -0.3 is 15.3 Å². The van der Waals surface area contributed by atoms with Crippen LogP contribution in [-0.4, -0.2) is 53.1 Å². The molecule has 0 amide bonds. The number of aliphatic hydroxyl groups is 1. The molecular formula is C13H24N4O. The second-order valence-corrected chi connectivity index (χ2v) is 5.24. The van der Waals surface area contributed by atoms with Gasteiger partial charge in [-0.25, -0.2) is 0 Å². The molecule has 0 aromatic carbocycles. The van der Waals surface area contributed by atoms with E-state index in [0.29, 0.717) is 6.54 Å². The first-order valence-corrected chi connectivity index (χ1v) is 6.79. The Balaban J connectivity index is 1.76. The van der Waals surface area contributed by atoms with Gasteiger partial charge in [-0.05, 0) is 38.9 Å². The van der Waals surface area contributed by atoms with E-state index in [4.69, 9.17) is 5.11 Å². The zero-order valence-corrected chi connectivity index (χ0v) is 11.2. The Morgan fingerprint density at radius 3 is 3.22 bits per heavy atom. The van der Waals surface area contributed by atoms with Gasteiger partial charge >= 0.3 is 0 Å². The second kappa shape index (κ2) is 6.87. The van der Waals surface area contributed by atoms with Crippen LogP contribution in [0.4, 0.5) is 0 Å². The first-order chi connectivity index (χ1) is 8.78. The summed E-state index contributed by atoms with van der Waals surface area (Å²) < 4.78 is 1.80. The Morgan fingerprint density at radius 1 is 1.61 bits per heavy atom. The topological polar surface area (TPSA) is 53.3 Å². The van der Waals surface area contributed by atoms with Crippen molar-refractivity contribution in [1.82, 2.24) is 20.0 Å². The summed E-state index contributed by atoms with van der Waals surface area (Å²) in [5.74, 6) is 0.774. The molecule has 1 fully saturated rings. The minimum Gasteiger partial charge on any atom is -0.394 e. The molecule has 0 spiro atoms. The summed E-state index contributed by atoms with van der Waals surface area (Å²) in [4.78, 5) is 2.36. The average Bonchev–Trinajstić information content (AvgIpc) is 2.78. The lowest BCUT2D eigenvalue weighted by atomic mass is 9.99. The number of nitrogens with zero attached hydrogens (tertiary/aromatic N) is 3. The number of aromatic nitrogens is 2. The Hall–Kier alpha value is -0.910. The molecule has 0 radical (unpaired) electrons. The lowest BCUT2D eigenvalue weighted by Crippen LogP contribution is -2.36. The van der Waals surface area contributed by atoms with Crippen LogP contribution in [0.25, 0.3) is 0 Å². The molecule has 0 saturated carbocycles. The monoisotopic (exact) mass is 252 g/mol. The lowest BCUT2D eigenvalue weighted by molar-refractivity contribution is 0.237. The van der Waals surface area contributed by atoms with Crippen LogP contribution in [0.15, 0.2) is 12.4 Å². The summed E-state index contributed by atoms with van der Waals surface area (Å²) in [5.41, 5.74) is 1.22. The maximum absolute atomic E-state index is 8.85. The summed E-state index contributed by atoms with van der Waals surface area (Å²) in [7, 11) is 2.16. The highest BCUT2D eigenvalue weighted by Crippen LogP contribution is 2.12. The Labute approximate surface area is 109 Å². The van der Waals surface area contributed by atoms with E-state index >= 15 is 0 Å². The summed E-state index contributed by atoms with van der Waals surface area (Å²) in [6.45, 7) is 5.11. The molecule has 1 atom stereocenters. The minimum atomic E-state index is 0.144. The van der Waals surface area contributed by atoms with Crippen LogP contribution >= 0.6 is 0 Å². The fraction of sp³-hybridized carbons (Fsp3) is 0.769. The van der Waals surface area contributed by atoms with Gasteiger partial charge in [0.05, 0.1) is 19.3 Å². The number of hydrogen-bond acceptors (Lipinski definition) is 4. The summed E-state index contributed by atoms with van der Waals surface area (Å²) in [6.07, 6.45) is 6.55. The minimum absolute atomic E-state index is 0.144. The fourth-order valence-corrected chi connectivity index (χ4v) is 2.61. The van der Waals surface area contributed by atoms with Crippen molar-refractivity contribution in [3.8, 4) is 0 Å². The predicted octanol–water partition coefficient (Wildman–Crippen LogP) is 0.307. The van der Waals surface area contributed by atoms with Gasteiger partial charge in [0, 0.05) is 24.8 Å². The van der Waals surface area contributed by atoms with E-state index in [2.05, 4.69) is 22.4 Å². The highest BCUT2D eigenvalue weighted by Gasteiger charge is 2.15. The normalized spacial score (nSPS) is 20.5. The van der Waals surface area contributed by atoms with Crippen LogP contribution in [0.5, 0.6) is 0 Å². The van der Waals surface area contributed by atoms with Crippen LogP contribution in [0.3, 0.4) is 0 Å². The molecule has 2 heterocycles. The first kappa shape index (κ1) is 13.5. The molecule has 0 bridgehead atoms. The van der Waals surface area contributed by atoms with Crippen LogP contribution in [0, 0.1) is 5.92 Å². The van der Waals surface area contributed by atoms with E-state index in [-0.39, 0.29) is 6.61 Å². The van der Waals surface area contributed by atoms with Crippen molar-refractivity contribution in [2.24, 2.45) is 5.92 Å². The third-order valence-electron chi connectivity index (χ3n) is 3.44. The quantitative estimate of drug-likeness (QED) is 0.765. The number of rotatable bonds is 6. The van der Waals surface area contributed by atoms with E-state index in [1.165, 1.54) is 24.9 Å². The number of nitrogens with one attached hydrogen (secondary N) is 1. The summed E-state index contributed by atoms with van der Waals surface area (Å²) >= 11 is 0. The third-order valence-corrected chi connectivity index (χ3v) is 3.44. The predicted molar refractivity (Wildman–Crippen MR) is 71.2 cm³/mol. The molecule has 1 saturated heterocycles. The Bertz CT molecular complexity index is 347. The standard InChI is InChI=1S/C13H24N4O/c1-16(9-12-3-2-4-14-7-12)10-13-8-15-17(11-13)5-6-18/h8,11-12,14,18H,2-7,9-10H2,1H3. The summed E-state index contributed by atoms with van der Waals surface area (Å²) in [5, 5.41) is 16.5. The smallest absolute Gasteiger partial charge is 0.0640 e. The molecule has 1 aliphatic rings. The van der Waals surface area contributed by atoms with Gasteiger partial charge in [-0.1, -0.05) is 0 Å². The second-order valence-electron chi connectivity index (χ2n) is 5.24. The largest absolute Gasteiger partial charge is 0.394 e. The summed E-state index contributed by atoms with van der Waals surface area (Å²) in [6, 6.07) is 0. The molecule has 1 aromatic heterocycles. The molecule has 2 rings (SSSR count). The van der Waals surface area contributed by atoms with Crippen molar-refractivity contribution in [2.45, 2.75) is 25.9 Å². The molecule has 2 N–H and O–H groups in total. The Kier molecular flexibility index (Phi) is 5.16. The fourth-order valence-electron chi connectivity index (χ4n) is 2.61. The molecule has 1 unspecified atom stereocenters. The van der Waals surface area contributed by atoms with Crippen molar-refractivity contribution in [3.63, 3.8) is 0 Å². The van der Waals surface area contributed by atoms with Crippen LogP contribution in [-0.2, 0) is 13.1 Å². The maximum Gasteiger partial charge on any atom is 0.0640 e. The van der Waals surface area contributed by atoms with E-state index in [1.54, 1.807) is 4.68 Å². The van der Waals surface area contributed by atoms with E-state index in [0.717, 1.165) is 25.6 Å². The van der Waals surface area contributed by atoms with Crippen LogP contribution in [0.2, 0.25) is 0 Å². The molecular weight excluding hydrogens is 228 g/mol. The third kappa shape index (κ3) is 4.08. The first-order valence-electron chi connectivity index (χ1n) is 6.79.